The summed E-state index contributed by atoms with van der Waals surface area (Å²) in [6, 6.07) is 11.1. The van der Waals surface area contributed by atoms with Crippen molar-refractivity contribution in [3.8, 4) is 19.5 Å². The second kappa shape index (κ2) is 12.3. The largest absolute Gasteiger partial charge is 0.378 e. The molecular formula is C20H24O2S5. The molecule has 3 aromatic heterocycles. The van der Waals surface area contributed by atoms with Crippen molar-refractivity contribution in [2.75, 3.05) is 43.7 Å². The maximum atomic E-state index is 5.60. The van der Waals surface area contributed by atoms with Crippen molar-refractivity contribution in [3.05, 3.63) is 46.7 Å². The smallest absolute Gasteiger partial charge is 0.0700 e. The second-order valence-electron chi connectivity index (χ2n) is 5.73. The molecule has 0 saturated heterocycles. The van der Waals surface area contributed by atoms with Crippen LogP contribution in [0.25, 0.3) is 19.5 Å². The minimum absolute atomic E-state index is 0.663. The van der Waals surface area contributed by atoms with Gasteiger partial charge < -0.3 is 9.47 Å². The zero-order valence-electron chi connectivity index (χ0n) is 15.1. The standard InChI is InChI=1S/C20H24O2S5/c23-10-8-21-6-7-22-9-14-24-13-5-16-15-19(17-3-1-11-25-17)27-20(16)18-4-2-12-26-18/h1-4,11-12,15,23H,5-10,13-14H2. The molecule has 146 valence electrons. The number of hydrogen-bond acceptors (Lipinski definition) is 7. The Bertz CT molecular complexity index is 750. The zero-order valence-corrected chi connectivity index (χ0v) is 19.3. The van der Waals surface area contributed by atoms with E-state index < -0.39 is 0 Å². The molecule has 0 N–H and O–H groups in total. The molecule has 0 aliphatic carbocycles. The lowest BCUT2D eigenvalue weighted by atomic mass is 10.1. The van der Waals surface area contributed by atoms with Gasteiger partial charge in [0.25, 0.3) is 0 Å². The lowest BCUT2D eigenvalue weighted by Gasteiger charge is -2.05. The molecule has 0 amide bonds. The minimum atomic E-state index is 0.663. The molecule has 0 bridgehead atoms. The Labute approximate surface area is 183 Å². The highest BCUT2D eigenvalue weighted by Gasteiger charge is 2.13. The highest BCUT2D eigenvalue weighted by atomic mass is 32.2. The normalized spacial score (nSPS) is 11.3. The Hall–Kier alpha value is -0.280. The summed E-state index contributed by atoms with van der Waals surface area (Å²) in [6.45, 7) is 2.82. The minimum Gasteiger partial charge on any atom is -0.378 e. The molecule has 3 aromatic rings. The Kier molecular flexibility index (Phi) is 9.78. The Morgan fingerprint density at radius 1 is 0.852 bits per heavy atom. The van der Waals surface area contributed by atoms with E-state index in [-0.39, 0.29) is 0 Å². The third kappa shape index (κ3) is 6.92. The highest BCUT2D eigenvalue weighted by Crippen LogP contribution is 2.41. The predicted molar refractivity (Wildman–Crippen MR) is 127 cm³/mol. The van der Waals surface area contributed by atoms with Crippen molar-refractivity contribution >= 4 is 58.4 Å². The monoisotopic (exact) mass is 456 g/mol. The SMILES string of the molecule is SCCOCCOCCSCCc1cc(-c2cccs2)sc1-c1cccs1. The van der Waals surface area contributed by atoms with Crippen molar-refractivity contribution in [1.82, 2.24) is 0 Å². The van der Waals surface area contributed by atoms with E-state index in [0.29, 0.717) is 19.8 Å². The van der Waals surface area contributed by atoms with Crippen LogP contribution < -0.4 is 0 Å². The van der Waals surface area contributed by atoms with Gasteiger partial charge in [0.1, 0.15) is 0 Å². The summed E-state index contributed by atoms with van der Waals surface area (Å²) < 4.78 is 10.9. The summed E-state index contributed by atoms with van der Waals surface area (Å²) in [7, 11) is 0. The number of ether oxygens (including phenoxy) is 2. The van der Waals surface area contributed by atoms with Gasteiger partial charge in [0.15, 0.2) is 0 Å². The first-order chi connectivity index (χ1) is 13.4. The summed E-state index contributed by atoms with van der Waals surface area (Å²) in [5, 5.41) is 4.31. The van der Waals surface area contributed by atoms with E-state index >= 15 is 0 Å². The average molecular weight is 457 g/mol. The van der Waals surface area contributed by atoms with Crippen LogP contribution in [0.3, 0.4) is 0 Å². The van der Waals surface area contributed by atoms with Crippen LogP contribution in [0.2, 0.25) is 0 Å². The third-order valence-corrected chi connectivity index (χ3v) is 8.24. The molecule has 0 saturated carbocycles. The van der Waals surface area contributed by atoms with E-state index in [9.17, 15) is 0 Å². The summed E-state index contributed by atoms with van der Waals surface area (Å²) in [6.07, 6.45) is 1.10. The first-order valence-electron chi connectivity index (χ1n) is 8.93. The lowest BCUT2D eigenvalue weighted by Crippen LogP contribution is -2.08. The van der Waals surface area contributed by atoms with Gasteiger partial charge >= 0.3 is 0 Å². The molecule has 0 fully saturated rings. The van der Waals surface area contributed by atoms with Crippen LogP contribution >= 0.6 is 58.4 Å². The van der Waals surface area contributed by atoms with Gasteiger partial charge in [-0.3, -0.25) is 0 Å². The molecule has 7 heteroatoms. The molecule has 0 unspecified atom stereocenters. The number of thioether (sulfide) groups is 1. The number of rotatable bonds is 13. The molecule has 0 spiro atoms. The molecule has 0 atom stereocenters. The van der Waals surface area contributed by atoms with E-state index in [1.54, 1.807) is 0 Å². The van der Waals surface area contributed by atoms with Gasteiger partial charge in [-0.05, 0) is 46.7 Å². The molecule has 0 aliphatic rings. The van der Waals surface area contributed by atoms with Crippen molar-refractivity contribution < 1.29 is 9.47 Å². The second-order valence-corrected chi connectivity index (χ2v) is 10.3. The lowest BCUT2D eigenvalue weighted by molar-refractivity contribution is 0.0606. The summed E-state index contributed by atoms with van der Waals surface area (Å²) >= 11 is 11.6. The topological polar surface area (TPSA) is 18.5 Å². The first kappa shape index (κ1) is 21.4. The fraction of sp³-hybridized carbons (Fsp3) is 0.400. The van der Waals surface area contributed by atoms with Crippen LogP contribution in [-0.4, -0.2) is 43.7 Å². The Morgan fingerprint density at radius 3 is 2.30 bits per heavy atom. The van der Waals surface area contributed by atoms with E-state index in [0.717, 1.165) is 30.3 Å². The molecular weight excluding hydrogens is 433 g/mol. The van der Waals surface area contributed by atoms with Gasteiger partial charge in [0.2, 0.25) is 0 Å². The van der Waals surface area contributed by atoms with Crippen LogP contribution in [0.4, 0.5) is 0 Å². The fourth-order valence-corrected chi connectivity index (χ4v) is 6.42. The molecule has 0 radical (unpaired) electrons. The predicted octanol–water partition coefficient (Wildman–Crippen LogP) is 6.44. The van der Waals surface area contributed by atoms with Gasteiger partial charge in [-0.1, -0.05) is 12.1 Å². The summed E-state index contributed by atoms with van der Waals surface area (Å²) in [4.78, 5) is 5.57. The van der Waals surface area contributed by atoms with Crippen LogP contribution in [0.1, 0.15) is 5.56 Å². The summed E-state index contributed by atoms with van der Waals surface area (Å²) in [5.41, 5.74) is 1.47. The van der Waals surface area contributed by atoms with Crippen molar-refractivity contribution in [2.45, 2.75) is 6.42 Å². The van der Waals surface area contributed by atoms with E-state index in [1.165, 1.54) is 25.1 Å². The van der Waals surface area contributed by atoms with Crippen LogP contribution in [-0.2, 0) is 15.9 Å². The van der Waals surface area contributed by atoms with Crippen LogP contribution in [0.15, 0.2) is 41.1 Å². The maximum Gasteiger partial charge on any atom is 0.0700 e. The van der Waals surface area contributed by atoms with E-state index in [2.05, 4.69) is 53.7 Å². The van der Waals surface area contributed by atoms with Crippen LogP contribution in [0, 0.1) is 0 Å². The number of thiophene rings is 3. The fourth-order valence-electron chi connectivity index (χ4n) is 2.56. The molecule has 0 aromatic carbocycles. The Balaban J connectivity index is 1.45. The maximum absolute atomic E-state index is 5.60. The van der Waals surface area contributed by atoms with E-state index in [4.69, 9.17) is 9.47 Å². The number of aryl methyl sites for hydroxylation is 1. The quantitative estimate of drug-likeness (QED) is 0.236. The summed E-state index contributed by atoms with van der Waals surface area (Å²) in [5.74, 6) is 2.92. The average Bonchev–Trinajstić information content (AvgIpc) is 3.43. The van der Waals surface area contributed by atoms with Gasteiger partial charge in [-0.25, -0.2) is 0 Å². The number of thiol groups is 1. The van der Waals surface area contributed by atoms with Crippen molar-refractivity contribution in [3.63, 3.8) is 0 Å². The van der Waals surface area contributed by atoms with Gasteiger partial charge in [-0.15, -0.1) is 34.0 Å². The first-order valence-corrected chi connectivity index (χ1v) is 13.3. The highest BCUT2D eigenvalue weighted by molar-refractivity contribution is 7.99. The van der Waals surface area contributed by atoms with Gasteiger partial charge in [-0.2, -0.15) is 24.4 Å². The van der Waals surface area contributed by atoms with Crippen LogP contribution in [0.5, 0.6) is 0 Å². The Morgan fingerprint density at radius 2 is 1.59 bits per heavy atom. The van der Waals surface area contributed by atoms with E-state index in [1.807, 2.05) is 45.8 Å². The molecule has 3 heterocycles. The zero-order chi connectivity index (χ0) is 18.7. The third-order valence-electron chi connectivity index (χ3n) is 3.81. The molecule has 0 aliphatic heterocycles. The van der Waals surface area contributed by atoms with Crippen molar-refractivity contribution in [1.29, 1.82) is 0 Å². The van der Waals surface area contributed by atoms with Gasteiger partial charge in [0, 0.05) is 31.0 Å². The number of hydrogen-bond donors (Lipinski definition) is 1. The van der Waals surface area contributed by atoms with Crippen molar-refractivity contribution in [2.24, 2.45) is 0 Å². The molecule has 27 heavy (non-hydrogen) atoms. The molecule has 3 rings (SSSR count). The molecule has 2 nitrogen and oxygen atoms in total. The van der Waals surface area contributed by atoms with Gasteiger partial charge in [0.05, 0.1) is 26.4 Å².